The SMILES string of the molecule is COc1ccc(CCNc2ncnc(Nc3ccccc3Cl)c2[N+](=O)[O-])cc1OC. The van der Waals surface area contributed by atoms with Crippen LogP contribution in [0.4, 0.5) is 23.0 Å². The van der Waals surface area contributed by atoms with Crippen molar-refractivity contribution in [3.63, 3.8) is 0 Å². The van der Waals surface area contributed by atoms with Gasteiger partial charge in [-0.1, -0.05) is 29.8 Å². The Bertz CT molecular complexity index is 1050. The van der Waals surface area contributed by atoms with Crippen LogP contribution < -0.4 is 20.1 Å². The van der Waals surface area contributed by atoms with Gasteiger partial charge in [-0.3, -0.25) is 10.1 Å². The van der Waals surface area contributed by atoms with E-state index in [-0.39, 0.29) is 17.3 Å². The topological polar surface area (TPSA) is 111 Å². The summed E-state index contributed by atoms with van der Waals surface area (Å²) >= 11 is 6.13. The number of hydrogen-bond acceptors (Lipinski definition) is 8. The minimum atomic E-state index is -0.530. The lowest BCUT2D eigenvalue weighted by molar-refractivity contribution is -0.383. The molecule has 0 atom stereocenters. The zero-order valence-corrected chi connectivity index (χ0v) is 17.1. The van der Waals surface area contributed by atoms with Gasteiger partial charge < -0.3 is 20.1 Å². The number of benzene rings is 2. The average molecular weight is 430 g/mol. The molecule has 0 saturated carbocycles. The van der Waals surface area contributed by atoms with Gasteiger partial charge in [0.1, 0.15) is 6.33 Å². The van der Waals surface area contributed by atoms with E-state index < -0.39 is 4.92 Å². The lowest BCUT2D eigenvalue weighted by atomic mass is 10.1. The van der Waals surface area contributed by atoms with Gasteiger partial charge in [-0.25, -0.2) is 9.97 Å². The van der Waals surface area contributed by atoms with Gasteiger partial charge in [-0.15, -0.1) is 0 Å². The van der Waals surface area contributed by atoms with Crippen LogP contribution in [-0.4, -0.2) is 35.7 Å². The summed E-state index contributed by atoms with van der Waals surface area (Å²) in [7, 11) is 3.14. The molecule has 3 rings (SSSR count). The van der Waals surface area contributed by atoms with Crippen molar-refractivity contribution in [2.75, 3.05) is 31.4 Å². The van der Waals surface area contributed by atoms with Gasteiger partial charge in [-0.2, -0.15) is 0 Å². The van der Waals surface area contributed by atoms with Gasteiger partial charge in [0, 0.05) is 6.54 Å². The van der Waals surface area contributed by atoms with Crippen LogP contribution in [0.3, 0.4) is 0 Å². The Balaban J connectivity index is 1.76. The van der Waals surface area contributed by atoms with Gasteiger partial charge >= 0.3 is 5.69 Å². The minimum absolute atomic E-state index is 0.0525. The van der Waals surface area contributed by atoms with E-state index in [0.29, 0.717) is 35.2 Å². The van der Waals surface area contributed by atoms with Crippen LogP contribution in [0, 0.1) is 10.1 Å². The Labute approximate surface area is 178 Å². The first-order valence-corrected chi connectivity index (χ1v) is 9.37. The number of para-hydroxylation sites is 1. The predicted octanol–water partition coefficient (Wildman–Crippen LogP) is 4.45. The summed E-state index contributed by atoms with van der Waals surface area (Å²) in [6.45, 7) is 0.416. The number of ether oxygens (including phenoxy) is 2. The lowest BCUT2D eigenvalue weighted by Gasteiger charge is -2.12. The van der Waals surface area contributed by atoms with Gasteiger partial charge in [0.2, 0.25) is 11.6 Å². The molecule has 1 aromatic heterocycles. The molecule has 0 saturated heterocycles. The third-order valence-corrected chi connectivity index (χ3v) is 4.62. The number of hydrogen-bond donors (Lipinski definition) is 2. The standard InChI is InChI=1S/C20H20ClN5O4/c1-29-16-8-7-13(11-17(16)30-2)9-10-22-19-18(26(27)28)20(24-12-23-19)25-15-6-4-3-5-14(15)21/h3-8,11-12H,9-10H2,1-2H3,(H2,22,23,24,25). The summed E-state index contributed by atoms with van der Waals surface area (Å²) in [5, 5.41) is 18.0. The predicted molar refractivity (Wildman–Crippen MR) is 115 cm³/mol. The molecule has 0 aliphatic rings. The van der Waals surface area contributed by atoms with Gasteiger partial charge in [0.25, 0.3) is 0 Å². The molecule has 0 unspecified atom stereocenters. The van der Waals surface area contributed by atoms with E-state index in [4.69, 9.17) is 21.1 Å². The molecule has 2 aromatic carbocycles. The molecule has 30 heavy (non-hydrogen) atoms. The fourth-order valence-electron chi connectivity index (χ4n) is 2.82. The summed E-state index contributed by atoms with van der Waals surface area (Å²) in [6.07, 6.45) is 1.85. The average Bonchev–Trinajstić information content (AvgIpc) is 2.75. The molecule has 156 valence electrons. The van der Waals surface area contributed by atoms with E-state index in [0.717, 1.165) is 5.56 Å². The first kappa shape index (κ1) is 21.1. The highest BCUT2D eigenvalue weighted by atomic mass is 35.5. The zero-order valence-electron chi connectivity index (χ0n) is 16.4. The fourth-order valence-corrected chi connectivity index (χ4v) is 3.01. The van der Waals surface area contributed by atoms with Crippen LogP contribution >= 0.6 is 11.6 Å². The van der Waals surface area contributed by atoms with Gasteiger partial charge in [-0.05, 0) is 36.2 Å². The second kappa shape index (κ2) is 9.75. The Morgan fingerprint density at radius 1 is 1.07 bits per heavy atom. The second-order valence-electron chi connectivity index (χ2n) is 6.15. The molecule has 3 aromatic rings. The number of anilines is 3. The monoisotopic (exact) mass is 429 g/mol. The number of nitrogens with one attached hydrogen (secondary N) is 2. The van der Waals surface area contributed by atoms with E-state index in [2.05, 4.69) is 20.6 Å². The molecule has 0 amide bonds. The summed E-state index contributed by atoms with van der Waals surface area (Å²) in [5.41, 5.74) is 1.23. The molecular formula is C20H20ClN5O4. The lowest BCUT2D eigenvalue weighted by Crippen LogP contribution is -2.11. The van der Waals surface area contributed by atoms with Crippen molar-refractivity contribution >= 4 is 34.6 Å². The molecule has 0 aliphatic heterocycles. The van der Waals surface area contributed by atoms with Crippen molar-refractivity contribution in [2.24, 2.45) is 0 Å². The molecule has 0 bridgehead atoms. The molecule has 0 radical (unpaired) electrons. The van der Waals surface area contributed by atoms with E-state index in [1.165, 1.54) is 6.33 Å². The molecule has 0 spiro atoms. The maximum absolute atomic E-state index is 11.7. The summed E-state index contributed by atoms with van der Waals surface area (Å²) in [5.74, 6) is 1.42. The van der Waals surface area contributed by atoms with Gasteiger partial charge in [0.05, 0.1) is 29.9 Å². The fraction of sp³-hybridized carbons (Fsp3) is 0.200. The van der Waals surface area contributed by atoms with Gasteiger partial charge in [0.15, 0.2) is 11.5 Å². The third kappa shape index (κ3) is 4.87. The molecule has 0 aliphatic carbocycles. The number of halogens is 1. The van der Waals surface area contributed by atoms with Crippen molar-refractivity contribution in [3.8, 4) is 11.5 Å². The first-order valence-electron chi connectivity index (χ1n) is 8.99. The summed E-state index contributed by atoms with van der Waals surface area (Å²) in [4.78, 5) is 19.2. The van der Waals surface area contributed by atoms with Crippen molar-refractivity contribution in [2.45, 2.75) is 6.42 Å². The number of nitrogens with zero attached hydrogens (tertiary/aromatic N) is 3. The van der Waals surface area contributed by atoms with Crippen molar-refractivity contribution in [3.05, 3.63) is 69.5 Å². The first-order chi connectivity index (χ1) is 14.5. The molecule has 0 fully saturated rings. The van der Waals surface area contributed by atoms with Crippen molar-refractivity contribution < 1.29 is 14.4 Å². The quantitative estimate of drug-likeness (QED) is 0.379. The van der Waals surface area contributed by atoms with E-state index in [1.54, 1.807) is 38.5 Å². The maximum atomic E-state index is 11.7. The van der Waals surface area contributed by atoms with Crippen LogP contribution in [0.15, 0.2) is 48.8 Å². The molecular weight excluding hydrogens is 410 g/mol. The summed E-state index contributed by atoms with van der Waals surface area (Å²) < 4.78 is 10.5. The summed E-state index contributed by atoms with van der Waals surface area (Å²) in [6, 6.07) is 12.5. The van der Waals surface area contributed by atoms with Crippen LogP contribution in [0.1, 0.15) is 5.56 Å². The van der Waals surface area contributed by atoms with Crippen LogP contribution in [0.25, 0.3) is 0 Å². The number of aromatic nitrogens is 2. The zero-order chi connectivity index (χ0) is 21.5. The Kier molecular flexibility index (Phi) is 6.87. The van der Waals surface area contributed by atoms with Crippen molar-refractivity contribution in [1.29, 1.82) is 0 Å². The largest absolute Gasteiger partial charge is 0.493 e. The van der Waals surface area contributed by atoms with E-state index >= 15 is 0 Å². The maximum Gasteiger partial charge on any atom is 0.353 e. The molecule has 1 heterocycles. The number of methoxy groups -OCH3 is 2. The third-order valence-electron chi connectivity index (χ3n) is 4.29. The molecule has 10 heteroatoms. The smallest absolute Gasteiger partial charge is 0.353 e. The van der Waals surface area contributed by atoms with Crippen LogP contribution in [0.5, 0.6) is 11.5 Å². The Morgan fingerprint density at radius 3 is 2.50 bits per heavy atom. The number of rotatable bonds is 9. The highest BCUT2D eigenvalue weighted by molar-refractivity contribution is 6.33. The Hall–Kier alpha value is -3.59. The van der Waals surface area contributed by atoms with Crippen molar-refractivity contribution in [1.82, 2.24) is 9.97 Å². The van der Waals surface area contributed by atoms with E-state index in [1.807, 2.05) is 18.2 Å². The van der Waals surface area contributed by atoms with E-state index in [9.17, 15) is 10.1 Å². The highest BCUT2D eigenvalue weighted by Crippen LogP contribution is 2.33. The van der Waals surface area contributed by atoms with Crippen LogP contribution in [-0.2, 0) is 6.42 Å². The normalized spacial score (nSPS) is 10.4. The minimum Gasteiger partial charge on any atom is -0.493 e. The molecule has 9 nitrogen and oxygen atoms in total. The number of nitro groups is 1. The van der Waals surface area contributed by atoms with Crippen LogP contribution in [0.2, 0.25) is 5.02 Å². The molecule has 2 N–H and O–H groups in total. The Morgan fingerprint density at radius 2 is 1.80 bits per heavy atom. The highest BCUT2D eigenvalue weighted by Gasteiger charge is 2.23. The second-order valence-corrected chi connectivity index (χ2v) is 6.55.